The summed E-state index contributed by atoms with van der Waals surface area (Å²) in [5.74, 6) is -0.167. The van der Waals surface area contributed by atoms with Crippen LogP contribution in [0.1, 0.15) is 32.0 Å². The first kappa shape index (κ1) is 16.1. The molecule has 6 heteroatoms. The summed E-state index contributed by atoms with van der Waals surface area (Å²) in [4.78, 5) is 30.3. The van der Waals surface area contributed by atoms with Crippen molar-refractivity contribution in [2.75, 3.05) is 0 Å². The number of thiazole rings is 1. The molecule has 1 amide bonds. The van der Waals surface area contributed by atoms with Gasteiger partial charge in [-0.15, -0.1) is 11.3 Å². The molecule has 0 saturated carbocycles. The molecule has 0 unspecified atom stereocenters. The van der Waals surface area contributed by atoms with Crippen LogP contribution in [0.2, 0.25) is 0 Å². The van der Waals surface area contributed by atoms with Crippen LogP contribution >= 0.6 is 11.3 Å². The Balaban J connectivity index is 0.000000956. The number of nitrogens with zero attached hydrogens (tertiary/aromatic N) is 1. The van der Waals surface area contributed by atoms with E-state index in [-0.39, 0.29) is 17.9 Å². The molecular weight excluding hydrogens is 274 g/mol. The molecule has 0 bridgehead atoms. The Morgan fingerprint density at radius 3 is 2.70 bits per heavy atom. The summed E-state index contributed by atoms with van der Waals surface area (Å²) in [5.41, 5.74) is 1.90. The van der Waals surface area contributed by atoms with Crippen LogP contribution < -0.4 is 10.7 Å². The minimum Gasteiger partial charge on any atom is -0.356 e. The van der Waals surface area contributed by atoms with E-state index < -0.39 is 0 Å². The molecule has 0 radical (unpaired) electrons. The first-order valence-electron chi connectivity index (χ1n) is 6.45. The van der Waals surface area contributed by atoms with Crippen molar-refractivity contribution in [1.29, 1.82) is 0 Å². The summed E-state index contributed by atoms with van der Waals surface area (Å²) in [7, 11) is 0. The zero-order chi connectivity index (χ0) is 15.1. The summed E-state index contributed by atoms with van der Waals surface area (Å²) in [6, 6.07) is 1.52. The lowest BCUT2D eigenvalue weighted by atomic mass is 10.1. The Labute approximate surface area is 122 Å². The van der Waals surface area contributed by atoms with Gasteiger partial charge in [0.1, 0.15) is 5.01 Å². The molecule has 0 aliphatic carbocycles. The summed E-state index contributed by atoms with van der Waals surface area (Å²) >= 11 is 1.45. The Hall–Kier alpha value is -1.95. The molecule has 0 aliphatic heterocycles. The van der Waals surface area contributed by atoms with Crippen LogP contribution in [-0.2, 0) is 11.3 Å². The molecule has 0 spiro atoms. The molecule has 20 heavy (non-hydrogen) atoms. The molecule has 2 aromatic heterocycles. The monoisotopic (exact) mass is 293 g/mol. The van der Waals surface area contributed by atoms with Crippen molar-refractivity contribution in [3.05, 3.63) is 39.1 Å². The average Bonchev–Trinajstić information content (AvgIpc) is 2.92. The van der Waals surface area contributed by atoms with Gasteiger partial charge >= 0.3 is 0 Å². The lowest BCUT2D eigenvalue weighted by molar-refractivity contribution is -0.119. The zero-order valence-electron chi connectivity index (χ0n) is 12.1. The van der Waals surface area contributed by atoms with Crippen LogP contribution in [0.3, 0.4) is 0 Å². The molecule has 0 aromatic carbocycles. The lowest BCUT2D eigenvalue weighted by Gasteiger charge is -2.08. The summed E-state index contributed by atoms with van der Waals surface area (Å²) < 4.78 is 0. The molecule has 0 aliphatic rings. The predicted molar refractivity (Wildman–Crippen MR) is 81.8 cm³/mol. The second-order valence-corrected chi connectivity index (χ2v) is 4.81. The Bertz CT molecular complexity index is 618. The first-order chi connectivity index (χ1) is 9.58. The number of pyridine rings is 1. The second-order valence-electron chi connectivity index (χ2n) is 3.92. The standard InChI is InChI=1S/C12H13N3O2S.C2H6/c1-7-5-10(17)9(6-14-8(2)16)11(15-7)12-13-3-4-18-12;1-2/h3-5H,6H2,1-2H3,(H,14,16)(H,15,17);1-2H3. The summed E-state index contributed by atoms with van der Waals surface area (Å²) in [6.07, 6.45) is 1.68. The van der Waals surface area contributed by atoms with Crippen molar-refractivity contribution >= 4 is 17.2 Å². The minimum absolute atomic E-state index is 0.0924. The Morgan fingerprint density at radius 1 is 1.45 bits per heavy atom. The molecule has 0 saturated heterocycles. The maximum atomic E-state index is 12.0. The smallest absolute Gasteiger partial charge is 0.217 e. The maximum absolute atomic E-state index is 12.0. The number of amides is 1. The molecule has 2 aromatic rings. The number of hydrogen-bond donors (Lipinski definition) is 2. The number of carbonyl (C=O) groups excluding carboxylic acids is 1. The van der Waals surface area contributed by atoms with Gasteiger partial charge in [0.2, 0.25) is 5.91 Å². The van der Waals surface area contributed by atoms with Crippen LogP contribution in [0.15, 0.2) is 22.4 Å². The van der Waals surface area contributed by atoms with Gasteiger partial charge in [-0.2, -0.15) is 0 Å². The second kappa shape index (κ2) is 7.59. The van der Waals surface area contributed by atoms with Gasteiger partial charge in [0.05, 0.1) is 5.69 Å². The number of aromatic amines is 1. The third-order valence-electron chi connectivity index (χ3n) is 2.43. The number of hydrogen-bond acceptors (Lipinski definition) is 4. The van der Waals surface area contributed by atoms with Crippen LogP contribution in [0.4, 0.5) is 0 Å². The normalized spacial score (nSPS) is 9.60. The van der Waals surface area contributed by atoms with Gasteiger partial charge in [-0.3, -0.25) is 9.59 Å². The van der Waals surface area contributed by atoms with E-state index in [1.54, 1.807) is 6.20 Å². The third kappa shape index (κ3) is 4.03. The number of nitrogens with one attached hydrogen (secondary N) is 2. The van der Waals surface area contributed by atoms with Crippen molar-refractivity contribution in [3.8, 4) is 10.7 Å². The summed E-state index contributed by atoms with van der Waals surface area (Å²) in [5, 5.41) is 5.23. The van der Waals surface area contributed by atoms with E-state index >= 15 is 0 Å². The highest BCUT2D eigenvalue weighted by Gasteiger charge is 2.12. The van der Waals surface area contributed by atoms with Crippen molar-refractivity contribution in [1.82, 2.24) is 15.3 Å². The molecule has 108 valence electrons. The number of aryl methyl sites for hydroxylation is 1. The Kier molecular flexibility index (Phi) is 6.11. The number of carbonyl (C=O) groups is 1. The van der Waals surface area contributed by atoms with E-state index in [1.807, 2.05) is 26.2 Å². The zero-order valence-corrected chi connectivity index (χ0v) is 12.9. The van der Waals surface area contributed by atoms with Crippen molar-refractivity contribution in [2.24, 2.45) is 0 Å². The molecule has 2 heterocycles. The fourth-order valence-corrected chi connectivity index (χ4v) is 2.30. The topological polar surface area (TPSA) is 74.8 Å². The first-order valence-corrected chi connectivity index (χ1v) is 7.33. The van der Waals surface area contributed by atoms with Gasteiger partial charge in [0.15, 0.2) is 5.43 Å². The van der Waals surface area contributed by atoms with E-state index in [2.05, 4.69) is 15.3 Å². The maximum Gasteiger partial charge on any atom is 0.217 e. The van der Waals surface area contributed by atoms with Crippen LogP contribution in [0.25, 0.3) is 10.7 Å². The lowest BCUT2D eigenvalue weighted by Crippen LogP contribution is -2.24. The van der Waals surface area contributed by atoms with E-state index in [4.69, 9.17) is 0 Å². The van der Waals surface area contributed by atoms with Gasteiger partial charge in [-0.25, -0.2) is 4.98 Å². The predicted octanol–water partition coefficient (Wildman–Crippen LogP) is 2.47. The highest BCUT2D eigenvalue weighted by Crippen LogP contribution is 2.21. The van der Waals surface area contributed by atoms with Crippen LogP contribution in [-0.4, -0.2) is 15.9 Å². The summed E-state index contributed by atoms with van der Waals surface area (Å²) in [6.45, 7) is 7.45. The highest BCUT2D eigenvalue weighted by molar-refractivity contribution is 7.13. The third-order valence-corrected chi connectivity index (χ3v) is 3.22. The van der Waals surface area contributed by atoms with Gasteiger partial charge in [-0.1, -0.05) is 13.8 Å². The van der Waals surface area contributed by atoms with Crippen LogP contribution in [0.5, 0.6) is 0 Å². The Morgan fingerprint density at radius 2 is 2.15 bits per heavy atom. The number of H-pyrrole nitrogens is 1. The van der Waals surface area contributed by atoms with Gasteiger partial charge < -0.3 is 10.3 Å². The SMILES string of the molecule is CC.CC(=O)NCc1c(-c2nccs2)[nH]c(C)cc1=O. The van der Waals surface area contributed by atoms with E-state index in [0.29, 0.717) is 11.3 Å². The van der Waals surface area contributed by atoms with Crippen molar-refractivity contribution < 1.29 is 4.79 Å². The van der Waals surface area contributed by atoms with Crippen LogP contribution in [0, 0.1) is 6.92 Å². The molecular formula is C14H19N3O2S. The average molecular weight is 293 g/mol. The van der Waals surface area contributed by atoms with Crippen molar-refractivity contribution in [3.63, 3.8) is 0 Å². The van der Waals surface area contributed by atoms with Crippen molar-refractivity contribution in [2.45, 2.75) is 34.2 Å². The minimum atomic E-state index is -0.167. The quantitative estimate of drug-likeness (QED) is 0.913. The number of rotatable bonds is 3. The largest absolute Gasteiger partial charge is 0.356 e. The molecule has 0 atom stereocenters. The van der Waals surface area contributed by atoms with E-state index in [0.717, 1.165) is 10.7 Å². The molecule has 2 rings (SSSR count). The fraction of sp³-hybridized carbons (Fsp3) is 0.357. The molecule has 0 fully saturated rings. The van der Waals surface area contributed by atoms with Gasteiger partial charge in [0.25, 0.3) is 0 Å². The van der Waals surface area contributed by atoms with E-state index in [9.17, 15) is 9.59 Å². The van der Waals surface area contributed by atoms with E-state index in [1.165, 1.54) is 24.3 Å². The molecule has 5 nitrogen and oxygen atoms in total. The number of aromatic nitrogens is 2. The fourth-order valence-electron chi connectivity index (χ4n) is 1.63. The molecule has 2 N–H and O–H groups in total. The van der Waals surface area contributed by atoms with Gasteiger partial charge in [0, 0.05) is 42.4 Å². The highest BCUT2D eigenvalue weighted by atomic mass is 32.1. The van der Waals surface area contributed by atoms with Gasteiger partial charge in [-0.05, 0) is 6.92 Å².